The van der Waals surface area contributed by atoms with E-state index < -0.39 is 0 Å². The second kappa shape index (κ2) is 5.70. The standard InChI is InChI=1S/C18H19FN2/c1-13(20)9-15-12-21(11-14-5-3-2-4-6-14)18-8-7-16(19)10-17(15)18/h2-8,10,12-13H,9,11,20H2,1H3/t13-/m1/s1. The Morgan fingerprint density at radius 3 is 2.62 bits per heavy atom. The maximum absolute atomic E-state index is 13.5. The molecule has 2 aromatic carbocycles. The normalized spacial score (nSPS) is 12.7. The van der Waals surface area contributed by atoms with Gasteiger partial charge in [-0.05, 0) is 42.7 Å². The number of nitrogens with two attached hydrogens (primary N) is 1. The molecule has 1 heterocycles. The van der Waals surface area contributed by atoms with Gasteiger partial charge < -0.3 is 10.3 Å². The molecule has 3 aromatic rings. The van der Waals surface area contributed by atoms with Gasteiger partial charge in [0.25, 0.3) is 0 Å². The van der Waals surface area contributed by atoms with Gasteiger partial charge in [0.2, 0.25) is 0 Å². The third-order valence-electron chi connectivity index (χ3n) is 3.66. The highest BCUT2D eigenvalue weighted by Gasteiger charge is 2.11. The van der Waals surface area contributed by atoms with E-state index in [0.29, 0.717) is 0 Å². The van der Waals surface area contributed by atoms with Crippen molar-refractivity contribution in [3.05, 3.63) is 71.7 Å². The van der Waals surface area contributed by atoms with E-state index in [0.717, 1.165) is 29.4 Å². The van der Waals surface area contributed by atoms with Crippen LogP contribution in [0, 0.1) is 5.82 Å². The van der Waals surface area contributed by atoms with Gasteiger partial charge in [-0.15, -0.1) is 0 Å². The molecular weight excluding hydrogens is 263 g/mol. The summed E-state index contributed by atoms with van der Waals surface area (Å²) >= 11 is 0. The van der Waals surface area contributed by atoms with Gasteiger partial charge in [-0.3, -0.25) is 0 Å². The maximum Gasteiger partial charge on any atom is 0.123 e. The number of nitrogens with zero attached hydrogens (tertiary/aromatic N) is 1. The molecule has 0 saturated carbocycles. The zero-order chi connectivity index (χ0) is 14.8. The quantitative estimate of drug-likeness (QED) is 0.777. The van der Waals surface area contributed by atoms with Crippen molar-refractivity contribution in [2.45, 2.75) is 25.9 Å². The molecule has 21 heavy (non-hydrogen) atoms. The van der Waals surface area contributed by atoms with E-state index in [1.165, 1.54) is 11.6 Å². The van der Waals surface area contributed by atoms with Gasteiger partial charge >= 0.3 is 0 Å². The molecule has 1 aromatic heterocycles. The molecule has 0 fully saturated rings. The topological polar surface area (TPSA) is 30.9 Å². The lowest BCUT2D eigenvalue weighted by atomic mass is 10.1. The fourth-order valence-electron chi connectivity index (χ4n) is 2.76. The summed E-state index contributed by atoms with van der Waals surface area (Å²) in [5.74, 6) is -0.203. The molecule has 108 valence electrons. The molecular formula is C18H19FN2. The highest BCUT2D eigenvalue weighted by atomic mass is 19.1. The number of benzene rings is 2. The lowest BCUT2D eigenvalue weighted by Gasteiger charge is -2.05. The van der Waals surface area contributed by atoms with Crippen molar-refractivity contribution in [1.29, 1.82) is 0 Å². The number of rotatable bonds is 4. The van der Waals surface area contributed by atoms with E-state index in [2.05, 4.69) is 22.9 Å². The first-order valence-electron chi connectivity index (χ1n) is 7.20. The van der Waals surface area contributed by atoms with Gasteiger partial charge in [0.15, 0.2) is 0 Å². The van der Waals surface area contributed by atoms with Gasteiger partial charge in [0.1, 0.15) is 5.82 Å². The van der Waals surface area contributed by atoms with Crippen LogP contribution in [0.15, 0.2) is 54.7 Å². The molecule has 0 aliphatic carbocycles. The van der Waals surface area contributed by atoms with Crippen LogP contribution in [-0.4, -0.2) is 10.6 Å². The summed E-state index contributed by atoms with van der Waals surface area (Å²) < 4.78 is 15.7. The molecule has 0 aliphatic rings. The van der Waals surface area contributed by atoms with Crippen LogP contribution in [0.3, 0.4) is 0 Å². The average molecular weight is 282 g/mol. The van der Waals surface area contributed by atoms with Crippen molar-refractivity contribution < 1.29 is 4.39 Å². The van der Waals surface area contributed by atoms with Gasteiger partial charge in [0.05, 0.1) is 0 Å². The van der Waals surface area contributed by atoms with Crippen molar-refractivity contribution in [2.75, 3.05) is 0 Å². The molecule has 0 aliphatic heterocycles. The van der Waals surface area contributed by atoms with Crippen LogP contribution >= 0.6 is 0 Å². The number of aromatic nitrogens is 1. The fourth-order valence-corrected chi connectivity index (χ4v) is 2.76. The molecule has 2 nitrogen and oxygen atoms in total. The molecule has 0 saturated heterocycles. The van der Waals surface area contributed by atoms with Gasteiger partial charge in [0, 0.05) is 29.7 Å². The SMILES string of the molecule is C[C@@H](N)Cc1cn(Cc2ccccc2)c2ccc(F)cc12. The van der Waals surface area contributed by atoms with Crippen molar-refractivity contribution in [2.24, 2.45) is 5.73 Å². The van der Waals surface area contributed by atoms with Crippen LogP contribution in [0.25, 0.3) is 10.9 Å². The summed E-state index contributed by atoms with van der Waals surface area (Å²) in [6.45, 7) is 2.75. The van der Waals surface area contributed by atoms with Crippen molar-refractivity contribution in [3.8, 4) is 0 Å². The van der Waals surface area contributed by atoms with Crippen LogP contribution in [0.4, 0.5) is 4.39 Å². The largest absolute Gasteiger partial charge is 0.343 e. The molecule has 0 radical (unpaired) electrons. The third-order valence-corrected chi connectivity index (χ3v) is 3.66. The monoisotopic (exact) mass is 282 g/mol. The smallest absolute Gasteiger partial charge is 0.123 e. The Morgan fingerprint density at radius 1 is 1.14 bits per heavy atom. The second-order valence-corrected chi connectivity index (χ2v) is 5.61. The summed E-state index contributed by atoms with van der Waals surface area (Å²) in [7, 11) is 0. The van der Waals surface area contributed by atoms with Crippen LogP contribution in [-0.2, 0) is 13.0 Å². The molecule has 0 spiro atoms. The molecule has 0 bridgehead atoms. The Morgan fingerprint density at radius 2 is 1.90 bits per heavy atom. The van der Waals surface area contributed by atoms with Crippen LogP contribution < -0.4 is 5.73 Å². The van der Waals surface area contributed by atoms with E-state index in [1.807, 2.05) is 31.2 Å². The highest BCUT2D eigenvalue weighted by Crippen LogP contribution is 2.24. The van der Waals surface area contributed by atoms with Gasteiger partial charge in [-0.1, -0.05) is 30.3 Å². The minimum Gasteiger partial charge on any atom is -0.343 e. The van der Waals surface area contributed by atoms with Crippen LogP contribution in [0.5, 0.6) is 0 Å². The Balaban J connectivity index is 2.06. The summed E-state index contributed by atoms with van der Waals surface area (Å²) in [6.07, 6.45) is 2.85. The molecule has 2 N–H and O–H groups in total. The predicted octanol–water partition coefficient (Wildman–Crippen LogP) is 3.72. The molecule has 0 amide bonds. The molecule has 0 unspecified atom stereocenters. The number of hydrogen-bond donors (Lipinski definition) is 1. The summed E-state index contributed by atoms with van der Waals surface area (Å²) in [4.78, 5) is 0. The van der Waals surface area contributed by atoms with Crippen molar-refractivity contribution >= 4 is 10.9 Å². The molecule has 1 atom stereocenters. The predicted molar refractivity (Wildman–Crippen MR) is 84.8 cm³/mol. The Hall–Kier alpha value is -2.13. The highest BCUT2D eigenvalue weighted by molar-refractivity contribution is 5.84. The fraction of sp³-hybridized carbons (Fsp3) is 0.222. The Labute approximate surface area is 124 Å². The van der Waals surface area contributed by atoms with E-state index >= 15 is 0 Å². The Bertz CT molecular complexity index is 745. The first-order valence-corrected chi connectivity index (χ1v) is 7.20. The van der Waals surface area contributed by atoms with E-state index in [4.69, 9.17) is 5.73 Å². The molecule has 3 heteroatoms. The second-order valence-electron chi connectivity index (χ2n) is 5.61. The zero-order valence-electron chi connectivity index (χ0n) is 12.1. The Kier molecular flexibility index (Phi) is 3.76. The minimum absolute atomic E-state index is 0.0593. The van der Waals surface area contributed by atoms with E-state index in [9.17, 15) is 4.39 Å². The molecule has 3 rings (SSSR count). The first-order chi connectivity index (χ1) is 10.1. The maximum atomic E-state index is 13.5. The van der Waals surface area contributed by atoms with Crippen molar-refractivity contribution in [1.82, 2.24) is 4.57 Å². The number of halogens is 1. The summed E-state index contributed by atoms with van der Waals surface area (Å²) in [5.41, 5.74) is 9.30. The first kappa shape index (κ1) is 13.8. The lowest BCUT2D eigenvalue weighted by Crippen LogP contribution is -2.17. The third kappa shape index (κ3) is 2.98. The lowest BCUT2D eigenvalue weighted by molar-refractivity contribution is 0.629. The van der Waals surface area contributed by atoms with Crippen LogP contribution in [0.2, 0.25) is 0 Å². The summed E-state index contributed by atoms with van der Waals surface area (Å²) in [5, 5.41) is 0.961. The zero-order valence-corrected chi connectivity index (χ0v) is 12.1. The van der Waals surface area contributed by atoms with E-state index in [1.54, 1.807) is 6.07 Å². The number of hydrogen-bond acceptors (Lipinski definition) is 1. The van der Waals surface area contributed by atoms with Gasteiger partial charge in [-0.2, -0.15) is 0 Å². The summed E-state index contributed by atoms with van der Waals surface area (Å²) in [6, 6.07) is 15.3. The van der Waals surface area contributed by atoms with E-state index in [-0.39, 0.29) is 11.9 Å². The van der Waals surface area contributed by atoms with Crippen LogP contribution in [0.1, 0.15) is 18.1 Å². The van der Waals surface area contributed by atoms with Crippen molar-refractivity contribution in [3.63, 3.8) is 0 Å². The average Bonchev–Trinajstić information content (AvgIpc) is 2.77. The van der Waals surface area contributed by atoms with Gasteiger partial charge in [-0.25, -0.2) is 4.39 Å². The number of fused-ring (bicyclic) bond motifs is 1. The minimum atomic E-state index is -0.203.